The average molecular weight is 351 g/mol. The number of imidazole rings is 1. The van der Waals surface area contributed by atoms with Crippen LogP contribution in [0.15, 0.2) is 66.2 Å². The van der Waals surface area contributed by atoms with Gasteiger partial charge >= 0.3 is 0 Å². The van der Waals surface area contributed by atoms with Crippen molar-refractivity contribution in [2.45, 2.75) is 36.4 Å². The lowest BCUT2D eigenvalue weighted by Gasteiger charge is -2.16. The summed E-state index contributed by atoms with van der Waals surface area (Å²) >= 11 is 1.76. The predicted octanol–water partition coefficient (Wildman–Crippen LogP) is 4.42. The van der Waals surface area contributed by atoms with Gasteiger partial charge in [0.15, 0.2) is 5.16 Å². The van der Waals surface area contributed by atoms with Crippen LogP contribution in [-0.4, -0.2) is 27.2 Å². The fraction of sp³-hybridized carbons (Fsp3) is 0.300. The van der Waals surface area contributed by atoms with Crippen LogP contribution in [0.25, 0.3) is 11.3 Å². The Kier molecular flexibility index (Phi) is 5.14. The maximum atomic E-state index is 5.87. The molecular weight excluding hydrogens is 330 g/mol. The minimum Gasteiger partial charge on any atom is -0.376 e. The molecule has 0 unspecified atom stereocenters. The minimum absolute atomic E-state index is 0.286. The lowest BCUT2D eigenvalue weighted by atomic mass is 10.1. The number of ether oxygens (including phenoxy) is 1. The van der Waals surface area contributed by atoms with E-state index in [0.717, 1.165) is 42.6 Å². The molecule has 0 radical (unpaired) electrons. The number of hydrogen-bond acceptors (Lipinski definition) is 4. The van der Waals surface area contributed by atoms with Gasteiger partial charge in [0.2, 0.25) is 0 Å². The van der Waals surface area contributed by atoms with Gasteiger partial charge in [0, 0.05) is 24.8 Å². The van der Waals surface area contributed by atoms with E-state index in [-0.39, 0.29) is 6.10 Å². The number of hydrogen-bond donors (Lipinski definition) is 0. The molecule has 128 valence electrons. The smallest absolute Gasteiger partial charge is 0.168 e. The largest absolute Gasteiger partial charge is 0.376 e. The van der Waals surface area contributed by atoms with Gasteiger partial charge in [-0.25, -0.2) is 4.98 Å². The molecular formula is C20H21N3OS. The molecule has 0 bridgehead atoms. The van der Waals surface area contributed by atoms with Crippen molar-refractivity contribution in [3.8, 4) is 11.3 Å². The summed E-state index contributed by atoms with van der Waals surface area (Å²) in [7, 11) is 0. The van der Waals surface area contributed by atoms with Crippen LogP contribution >= 0.6 is 11.8 Å². The number of pyridine rings is 1. The molecule has 1 aliphatic rings. The third kappa shape index (κ3) is 3.94. The van der Waals surface area contributed by atoms with Gasteiger partial charge in [0.25, 0.3) is 0 Å². The summed E-state index contributed by atoms with van der Waals surface area (Å²) in [6.45, 7) is 1.73. The fourth-order valence-corrected chi connectivity index (χ4v) is 4.04. The monoisotopic (exact) mass is 351 g/mol. The van der Waals surface area contributed by atoms with Crippen molar-refractivity contribution in [1.29, 1.82) is 0 Å². The summed E-state index contributed by atoms with van der Waals surface area (Å²) in [4.78, 5) is 8.89. The van der Waals surface area contributed by atoms with Gasteiger partial charge in [-0.3, -0.25) is 4.98 Å². The van der Waals surface area contributed by atoms with E-state index in [1.807, 2.05) is 24.5 Å². The van der Waals surface area contributed by atoms with Gasteiger partial charge in [-0.05, 0) is 30.0 Å². The maximum Gasteiger partial charge on any atom is 0.168 e. The second-order valence-corrected chi connectivity index (χ2v) is 7.13. The zero-order chi connectivity index (χ0) is 16.9. The van der Waals surface area contributed by atoms with Crippen molar-refractivity contribution in [2.75, 3.05) is 6.61 Å². The Morgan fingerprint density at radius 3 is 2.80 bits per heavy atom. The van der Waals surface area contributed by atoms with Crippen LogP contribution < -0.4 is 0 Å². The van der Waals surface area contributed by atoms with E-state index in [1.165, 1.54) is 11.1 Å². The van der Waals surface area contributed by atoms with E-state index in [0.29, 0.717) is 0 Å². The highest BCUT2D eigenvalue weighted by atomic mass is 32.2. The van der Waals surface area contributed by atoms with Gasteiger partial charge < -0.3 is 9.30 Å². The molecule has 1 saturated heterocycles. The van der Waals surface area contributed by atoms with Crippen LogP contribution in [0.3, 0.4) is 0 Å². The van der Waals surface area contributed by atoms with E-state index in [4.69, 9.17) is 9.72 Å². The molecule has 0 saturated carbocycles. The molecule has 0 N–H and O–H groups in total. The lowest BCUT2D eigenvalue weighted by molar-refractivity contribution is 0.0954. The Hall–Kier alpha value is -2.11. The molecule has 5 heteroatoms. The molecule has 0 spiro atoms. The van der Waals surface area contributed by atoms with Crippen LogP contribution in [0.4, 0.5) is 0 Å². The zero-order valence-electron chi connectivity index (χ0n) is 14.0. The summed E-state index contributed by atoms with van der Waals surface area (Å²) < 4.78 is 8.18. The van der Waals surface area contributed by atoms with Crippen LogP contribution in [0.2, 0.25) is 0 Å². The van der Waals surface area contributed by atoms with Gasteiger partial charge in [-0.1, -0.05) is 48.2 Å². The Morgan fingerprint density at radius 2 is 2.04 bits per heavy atom. The quantitative estimate of drug-likeness (QED) is 0.617. The predicted molar refractivity (Wildman–Crippen MR) is 100 cm³/mol. The summed E-state index contributed by atoms with van der Waals surface area (Å²) in [5, 5.41) is 1.04. The molecule has 4 nitrogen and oxygen atoms in total. The molecule has 1 fully saturated rings. The van der Waals surface area contributed by atoms with E-state index in [2.05, 4.69) is 39.9 Å². The number of aromatic nitrogens is 3. The second-order valence-electron chi connectivity index (χ2n) is 6.19. The first kappa shape index (κ1) is 16.4. The van der Waals surface area contributed by atoms with Crippen LogP contribution in [0.5, 0.6) is 0 Å². The van der Waals surface area contributed by atoms with E-state index < -0.39 is 0 Å². The summed E-state index contributed by atoms with van der Waals surface area (Å²) in [6, 6.07) is 14.5. The average Bonchev–Trinajstić information content (AvgIpc) is 3.32. The third-order valence-electron chi connectivity index (χ3n) is 4.39. The Morgan fingerprint density at radius 1 is 1.12 bits per heavy atom. The highest BCUT2D eigenvalue weighted by Crippen LogP contribution is 2.29. The maximum absolute atomic E-state index is 5.87. The summed E-state index contributed by atoms with van der Waals surface area (Å²) in [5.74, 6) is 0.866. The van der Waals surface area contributed by atoms with Crippen molar-refractivity contribution in [2.24, 2.45) is 0 Å². The van der Waals surface area contributed by atoms with Gasteiger partial charge in [-0.15, -0.1) is 0 Å². The number of nitrogens with zero attached hydrogens (tertiary/aromatic N) is 3. The zero-order valence-corrected chi connectivity index (χ0v) is 14.9. The van der Waals surface area contributed by atoms with E-state index in [9.17, 15) is 0 Å². The molecule has 0 amide bonds. The fourth-order valence-electron chi connectivity index (χ4n) is 3.11. The third-order valence-corrected chi connectivity index (χ3v) is 5.45. The Labute approximate surface area is 152 Å². The molecule has 3 aromatic rings. The molecule has 3 heterocycles. The van der Waals surface area contributed by atoms with Crippen molar-refractivity contribution >= 4 is 11.8 Å². The van der Waals surface area contributed by atoms with Crippen LogP contribution in [0, 0.1) is 0 Å². The number of benzene rings is 1. The van der Waals surface area contributed by atoms with Gasteiger partial charge in [-0.2, -0.15) is 0 Å². The Bertz CT molecular complexity index is 798. The highest BCUT2D eigenvalue weighted by molar-refractivity contribution is 7.98. The molecule has 2 aromatic heterocycles. The summed E-state index contributed by atoms with van der Waals surface area (Å²) in [5.41, 5.74) is 3.56. The molecule has 1 aromatic carbocycles. The van der Waals surface area contributed by atoms with E-state index in [1.54, 1.807) is 18.0 Å². The molecule has 1 aliphatic heterocycles. The molecule has 25 heavy (non-hydrogen) atoms. The van der Waals surface area contributed by atoms with Gasteiger partial charge in [0.1, 0.15) is 0 Å². The van der Waals surface area contributed by atoms with Gasteiger partial charge in [0.05, 0.1) is 24.5 Å². The van der Waals surface area contributed by atoms with Crippen molar-refractivity contribution in [3.63, 3.8) is 0 Å². The minimum atomic E-state index is 0.286. The Balaban J connectivity index is 1.60. The van der Waals surface area contributed by atoms with Crippen LogP contribution in [-0.2, 0) is 17.0 Å². The number of thioether (sulfide) groups is 1. The second kappa shape index (κ2) is 7.85. The molecule has 4 rings (SSSR count). The first-order valence-corrected chi connectivity index (χ1v) is 9.63. The van der Waals surface area contributed by atoms with Crippen LogP contribution in [0.1, 0.15) is 18.4 Å². The first-order valence-electron chi connectivity index (χ1n) is 8.64. The van der Waals surface area contributed by atoms with Crippen molar-refractivity contribution < 1.29 is 4.74 Å². The standard InChI is InChI=1S/C20H21N3OS/c1-2-7-17(8-3-1)19-13-22-20(23(19)14-18-9-5-11-24-18)25-15-16-6-4-10-21-12-16/h1-4,6-8,10,12-13,18H,5,9,11,14-15H2/t18-/m1/s1. The molecule has 0 aliphatic carbocycles. The highest BCUT2D eigenvalue weighted by Gasteiger charge is 2.20. The molecule has 1 atom stereocenters. The topological polar surface area (TPSA) is 39.9 Å². The lowest BCUT2D eigenvalue weighted by Crippen LogP contribution is -2.16. The van der Waals surface area contributed by atoms with Crippen molar-refractivity contribution in [3.05, 3.63) is 66.6 Å². The normalized spacial score (nSPS) is 17.0. The summed E-state index contributed by atoms with van der Waals surface area (Å²) in [6.07, 6.45) is 8.26. The van der Waals surface area contributed by atoms with Crippen molar-refractivity contribution in [1.82, 2.24) is 14.5 Å². The number of rotatable bonds is 6. The van der Waals surface area contributed by atoms with E-state index >= 15 is 0 Å². The SMILES string of the molecule is c1ccc(-c2cnc(SCc3cccnc3)n2C[C@H]2CCCO2)cc1. The first-order chi connectivity index (χ1) is 12.4.